The lowest BCUT2D eigenvalue weighted by molar-refractivity contribution is -0.119. The Morgan fingerprint density at radius 1 is 1.17 bits per heavy atom. The van der Waals surface area contributed by atoms with Gasteiger partial charge in [0.1, 0.15) is 0 Å². The fourth-order valence-corrected chi connectivity index (χ4v) is 4.10. The normalized spacial score (nSPS) is 19.9. The van der Waals surface area contributed by atoms with E-state index in [0.717, 1.165) is 69.1 Å². The van der Waals surface area contributed by atoms with Gasteiger partial charge >= 0.3 is 6.03 Å². The van der Waals surface area contributed by atoms with E-state index in [0.29, 0.717) is 13.0 Å². The molecule has 29 heavy (non-hydrogen) atoms. The van der Waals surface area contributed by atoms with Crippen molar-refractivity contribution in [2.75, 3.05) is 38.5 Å². The first-order valence-corrected chi connectivity index (χ1v) is 10.4. The van der Waals surface area contributed by atoms with Crippen LogP contribution in [0.25, 0.3) is 0 Å². The molecule has 0 spiro atoms. The zero-order valence-electron chi connectivity index (χ0n) is 17.2. The highest BCUT2D eigenvalue weighted by Gasteiger charge is 2.23. The minimum atomic E-state index is -0.243. The molecule has 3 rings (SSSR count). The number of guanidine groups is 1. The predicted molar refractivity (Wildman–Crippen MR) is 115 cm³/mol. The first-order valence-electron chi connectivity index (χ1n) is 10.4. The van der Waals surface area contributed by atoms with Crippen molar-refractivity contribution in [1.82, 2.24) is 15.1 Å². The third kappa shape index (κ3) is 6.10. The number of nitrogens with two attached hydrogens (primary N) is 1. The van der Waals surface area contributed by atoms with Crippen molar-refractivity contribution in [3.05, 3.63) is 29.8 Å². The SMILES string of the molecule is CN=C(NCc1cccc(NC(=O)N2CCCC2)c1)N1CCCC(CC(N)=O)C1. The van der Waals surface area contributed by atoms with Crippen molar-refractivity contribution in [3.8, 4) is 0 Å². The highest BCUT2D eigenvalue weighted by atomic mass is 16.2. The molecule has 0 aromatic heterocycles. The van der Waals surface area contributed by atoms with Gasteiger partial charge in [0.05, 0.1) is 0 Å². The number of aliphatic imine (C=N–C) groups is 1. The van der Waals surface area contributed by atoms with Crippen LogP contribution in [0, 0.1) is 5.92 Å². The van der Waals surface area contributed by atoms with E-state index in [1.54, 1.807) is 7.05 Å². The Kier molecular flexibility index (Phi) is 7.32. The molecule has 0 radical (unpaired) electrons. The standard InChI is InChI=1S/C21H32N6O2/c1-23-20(27-11-5-7-17(15-27)13-19(22)28)24-14-16-6-4-8-18(12-16)25-21(29)26-9-2-3-10-26/h4,6,8,12,17H,2-3,5,7,9-11,13-15H2,1H3,(H2,22,28)(H,23,24)(H,25,29). The third-order valence-electron chi connectivity index (χ3n) is 5.54. The predicted octanol–water partition coefficient (Wildman–Crippen LogP) is 1.98. The van der Waals surface area contributed by atoms with Gasteiger partial charge in [0.25, 0.3) is 0 Å². The van der Waals surface area contributed by atoms with Gasteiger partial charge in [0, 0.05) is 51.9 Å². The molecule has 4 N–H and O–H groups in total. The summed E-state index contributed by atoms with van der Waals surface area (Å²) in [6, 6.07) is 7.84. The second-order valence-corrected chi connectivity index (χ2v) is 7.85. The van der Waals surface area contributed by atoms with Gasteiger partial charge in [-0.1, -0.05) is 12.1 Å². The Bertz CT molecular complexity index is 744. The van der Waals surface area contributed by atoms with Crippen LogP contribution in [0.5, 0.6) is 0 Å². The summed E-state index contributed by atoms with van der Waals surface area (Å²) in [5, 5.41) is 6.39. The molecule has 8 nitrogen and oxygen atoms in total. The number of nitrogens with zero attached hydrogens (tertiary/aromatic N) is 3. The highest BCUT2D eigenvalue weighted by Crippen LogP contribution is 2.20. The molecule has 0 aliphatic carbocycles. The average molecular weight is 401 g/mol. The number of hydrogen-bond donors (Lipinski definition) is 3. The zero-order valence-corrected chi connectivity index (χ0v) is 17.2. The maximum atomic E-state index is 12.3. The van der Waals surface area contributed by atoms with Crippen LogP contribution in [0.1, 0.15) is 37.7 Å². The number of benzene rings is 1. The van der Waals surface area contributed by atoms with Crippen LogP contribution in [0.4, 0.5) is 10.5 Å². The van der Waals surface area contributed by atoms with E-state index < -0.39 is 0 Å². The molecule has 2 aliphatic rings. The maximum absolute atomic E-state index is 12.3. The minimum Gasteiger partial charge on any atom is -0.370 e. The van der Waals surface area contributed by atoms with Crippen LogP contribution >= 0.6 is 0 Å². The lowest BCUT2D eigenvalue weighted by Crippen LogP contribution is -2.46. The zero-order chi connectivity index (χ0) is 20.6. The van der Waals surface area contributed by atoms with E-state index in [9.17, 15) is 9.59 Å². The van der Waals surface area contributed by atoms with Gasteiger partial charge < -0.3 is 26.2 Å². The highest BCUT2D eigenvalue weighted by molar-refractivity contribution is 5.89. The number of piperidine rings is 1. The molecule has 1 unspecified atom stereocenters. The first kappa shape index (κ1) is 21.0. The minimum absolute atomic E-state index is 0.0303. The summed E-state index contributed by atoms with van der Waals surface area (Å²) in [5.74, 6) is 0.863. The molecule has 0 saturated carbocycles. The van der Waals surface area contributed by atoms with Crippen LogP contribution in [0.2, 0.25) is 0 Å². The molecular formula is C21H32N6O2. The van der Waals surface area contributed by atoms with Crippen molar-refractivity contribution in [1.29, 1.82) is 0 Å². The van der Waals surface area contributed by atoms with E-state index in [4.69, 9.17) is 5.73 Å². The van der Waals surface area contributed by atoms with Crippen LogP contribution in [-0.2, 0) is 11.3 Å². The fourth-order valence-electron chi connectivity index (χ4n) is 4.10. The first-order chi connectivity index (χ1) is 14.0. The largest absolute Gasteiger partial charge is 0.370 e. The average Bonchev–Trinajstić information content (AvgIpc) is 3.24. The summed E-state index contributed by atoms with van der Waals surface area (Å²) < 4.78 is 0. The quantitative estimate of drug-likeness (QED) is 0.519. The molecule has 3 amide bonds. The van der Waals surface area contributed by atoms with E-state index in [-0.39, 0.29) is 17.9 Å². The Labute approximate surface area is 172 Å². The lowest BCUT2D eigenvalue weighted by atomic mass is 9.95. The second kappa shape index (κ2) is 10.1. The number of likely N-dealkylation sites (tertiary alicyclic amines) is 2. The van der Waals surface area contributed by atoms with Crippen molar-refractivity contribution < 1.29 is 9.59 Å². The molecule has 2 saturated heterocycles. The molecule has 2 heterocycles. The number of primary amides is 1. The molecule has 2 aliphatic heterocycles. The van der Waals surface area contributed by atoms with Crippen LogP contribution in [0.15, 0.2) is 29.3 Å². The van der Waals surface area contributed by atoms with Crippen LogP contribution < -0.4 is 16.4 Å². The van der Waals surface area contributed by atoms with Gasteiger partial charge in [0.15, 0.2) is 5.96 Å². The molecule has 8 heteroatoms. The summed E-state index contributed by atoms with van der Waals surface area (Å²) in [5.41, 5.74) is 7.23. The number of urea groups is 1. The van der Waals surface area contributed by atoms with Crippen LogP contribution in [-0.4, -0.2) is 60.9 Å². The summed E-state index contributed by atoms with van der Waals surface area (Å²) in [6.07, 6.45) is 4.62. The van der Waals surface area contributed by atoms with Crippen molar-refractivity contribution in [2.24, 2.45) is 16.6 Å². The van der Waals surface area contributed by atoms with Gasteiger partial charge in [-0.25, -0.2) is 4.79 Å². The summed E-state index contributed by atoms with van der Waals surface area (Å²) >= 11 is 0. The monoisotopic (exact) mass is 400 g/mol. The molecule has 1 atom stereocenters. The number of anilines is 1. The van der Waals surface area contributed by atoms with E-state index in [2.05, 4.69) is 20.5 Å². The van der Waals surface area contributed by atoms with Crippen molar-refractivity contribution >= 4 is 23.6 Å². The van der Waals surface area contributed by atoms with Crippen molar-refractivity contribution in [3.63, 3.8) is 0 Å². The number of hydrogen-bond acceptors (Lipinski definition) is 3. The van der Waals surface area contributed by atoms with E-state index in [1.165, 1.54) is 0 Å². The second-order valence-electron chi connectivity index (χ2n) is 7.85. The Morgan fingerprint density at radius 3 is 2.66 bits per heavy atom. The summed E-state index contributed by atoms with van der Waals surface area (Å²) in [6.45, 7) is 3.97. The number of carbonyl (C=O) groups excluding carboxylic acids is 2. The molecule has 1 aromatic carbocycles. The Morgan fingerprint density at radius 2 is 1.93 bits per heavy atom. The van der Waals surface area contributed by atoms with Crippen molar-refractivity contribution in [2.45, 2.75) is 38.6 Å². The van der Waals surface area contributed by atoms with Crippen LogP contribution in [0.3, 0.4) is 0 Å². The number of nitrogens with one attached hydrogen (secondary N) is 2. The number of carbonyl (C=O) groups is 2. The van der Waals surface area contributed by atoms with Gasteiger partial charge in [0.2, 0.25) is 5.91 Å². The Balaban J connectivity index is 1.54. The number of amides is 3. The van der Waals surface area contributed by atoms with Gasteiger partial charge in [-0.05, 0) is 49.3 Å². The van der Waals surface area contributed by atoms with E-state index in [1.807, 2.05) is 29.2 Å². The van der Waals surface area contributed by atoms with E-state index >= 15 is 0 Å². The van der Waals surface area contributed by atoms with Gasteiger partial charge in [-0.15, -0.1) is 0 Å². The summed E-state index contributed by atoms with van der Waals surface area (Å²) in [7, 11) is 1.77. The lowest BCUT2D eigenvalue weighted by Gasteiger charge is -2.34. The molecule has 2 fully saturated rings. The summed E-state index contributed by atoms with van der Waals surface area (Å²) in [4.78, 5) is 32.0. The molecule has 0 bridgehead atoms. The third-order valence-corrected chi connectivity index (χ3v) is 5.54. The number of rotatable bonds is 5. The smallest absolute Gasteiger partial charge is 0.321 e. The maximum Gasteiger partial charge on any atom is 0.321 e. The molecule has 1 aromatic rings. The van der Waals surface area contributed by atoms with Gasteiger partial charge in [-0.3, -0.25) is 9.79 Å². The molecule has 158 valence electrons. The van der Waals surface area contributed by atoms with Gasteiger partial charge in [-0.2, -0.15) is 0 Å². The molecular weight excluding hydrogens is 368 g/mol. The topological polar surface area (TPSA) is 103 Å². The Hall–Kier alpha value is -2.77. The fraction of sp³-hybridized carbons (Fsp3) is 0.571.